The molecule has 1 N–H and O–H groups in total. The van der Waals surface area contributed by atoms with Gasteiger partial charge in [0.1, 0.15) is 10.7 Å². The number of nitrogens with one attached hydrogen (secondary N) is 1. The first-order valence-corrected chi connectivity index (χ1v) is 10.1. The number of rotatable bonds is 6. The van der Waals surface area contributed by atoms with Gasteiger partial charge in [0.2, 0.25) is 0 Å². The van der Waals surface area contributed by atoms with Crippen LogP contribution in [0.1, 0.15) is 16.1 Å². The van der Waals surface area contributed by atoms with Crippen molar-refractivity contribution < 1.29 is 4.79 Å². The van der Waals surface area contributed by atoms with Crippen molar-refractivity contribution in [3.05, 3.63) is 83.6 Å². The highest BCUT2D eigenvalue weighted by molar-refractivity contribution is 7.13. The molecule has 2 aromatic carbocycles. The largest absolute Gasteiger partial charge is 0.378 e. The third-order valence-electron chi connectivity index (χ3n) is 4.47. The van der Waals surface area contributed by atoms with Crippen LogP contribution in [0.25, 0.3) is 16.3 Å². The second kappa shape index (κ2) is 8.28. The molecular weight excluding hydrogens is 382 g/mol. The maximum absolute atomic E-state index is 12.5. The van der Waals surface area contributed by atoms with Gasteiger partial charge in [0.05, 0.1) is 11.9 Å². The summed E-state index contributed by atoms with van der Waals surface area (Å²) >= 11 is 1.44. The Morgan fingerprint density at radius 3 is 2.76 bits per heavy atom. The monoisotopic (exact) mass is 403 g/mol. The molecule has 0 atom stereocenters. The van der Waals surface area contributed by atoms with Gasteiger partial charge < -0.3 is 10.2 Å². The predicted octanol–water partition coefficient (Wildman–Crippen LogP) is 3.99. The van der Waals surface area contributed by atoms with E-state index in [1.807, 2.05) is 73.7 Å². The van der Waals surface area contributed by atoms with Crippen LogP contribution in [0.2, 0.25) is 0 Å². The molecule has 29 heavy (non-hydrogen) atoms. The summed E-state index contributed by atoms with van der Waals surface area (Å²) in [6.45, 7) is 0.458. The summed E-state index contributed by atoms with van der Waals surface area (Å²) in [5, 5.41) is 9.89. The third-order valence-corrected chi connectivity index (χ3v) is 5.36. The molecule has 7 heteroatoms. The predicted molar refractivity (Wildman–Crippen MR) is 117 cm³/mol. The number of carbonyl (C=O) groups excluding carboxylic acids is 1. The molecule has 0 fully saturated rings. The molecule has 0 aliphatic heterocycles. The molecule has 0 unspecified atom stereocenters. The average Bonchev–Trinajstić information content (AvgIpc) is 3.42. The fraction of sp³-hybridized carbons (Fsp3) is 0.136. The normalized spacial score (nSPS) is 10.7. The Balaban J connectivity index is 1.43. The van der Waals surface area contributed by atoms with Gasteiger partial charge in [-0.2, -0.15) is 5.10 Å². The van der Waals surface area contributed by atoms with E-state index in [1.165, 1.54) is 11.3 Å². The zero-order chi connectivity index (χ0) is 20.2. The van der Waals surface area contributed by atoms with Crippen LogP contribution in [-0.2, 0) is 6.54 Å². The molecule has 146 valence electrons. The van der Waals surface area contributed by atoms with E-state index in [1.54, 1.807) is 16.3 Å². The fourth-order valence-electron chi connectivity index (χ4n) is 2.88. The summed E-state index contributed by atoms with van der Waals surface area (Å²) in [5.74, 6) is -0.182. The first-order chi connectivity index (χ1) is 14.1. The Hall–Kier alpha value is -3.45. The van der Waals surface area contributed by atoms with Gasteiger partial charge in [-0.25, -0.2) is 9.67 Å². The van der Waals surface area contributed by atoms with Crippen LogP contribution in [0.15, 0.2) is 72.4 Å². The number of thiazole rings is 1. The van der Waals surface area contributed by atoms with Crippen LogP contribution in [0.4, 0.5) is 5.69 Å². The standard InChI is InChI=1S/C22H21N5OS/c1-26(2)19-10-6-7-16(11-19)12-23-21(28)20-15-29-22(25-20)17-13-24-27(14-17)18-8-4-3-5-9-18/h3-11,13-15H,12H2,1-2H3,(H,23,28). The lowest BCUT2D eigenvalue weighted by Gasteiger charge is -2.13. The number of amides is 1. The second-order valence-corrected chi connectivity index (χ2v) is 7.65. The Morgan fingerprint density at radius 1 is 1.14 bits per heavy atom. The van der Waals surface area contributed by atoms with Gasteiger partial charge in [-0.3, -0.25) is 4.79 Å². The van der Waals surface area contributed by atoms with Crippen LogP contribution < -0.4 is 10.2 Å². The Bertz CT molecular complexity index is 1120. The molecule has 2 heterocycles. The van der Waals surface area contributed by atoms with E-state index in [0.29, 0.717) is 12.2 Å². The molecule has 0 saturated carbocycles. The molecule has 0 aliphatic carbocycles. The van der Waals surface area contributed by atoms with E-state index in [0.717, 1.165) is 27.5 Å². The summed E-state index contributed by atoms with van der Waals surface area (Å²) in [6, 6.07) is 18.0. The number of carbonyl (C=O) groups is 1. The van der Waals surface area contributed by atoms with Crippen molar-refractivity contribution in [2.24, 2.45) is 0 Å². The highest BCUT2D eigenvalue weighted by Gasteiger charge is 2.13. The topological polar surface area (TPSA) is 63.1 Å². The van der Waals surface area contributed by atoms with Gasteiger partial charge in [-0.05, 0) is 29.8 Å². The minimum Gasteiger partial charge on any atom is -0.378 e. The maximum atomic E-state index is 12.5. The van der Waals surface area contributed by atoms with Crippen LogP contribution in [0, 0.1) is 0 Å². The number of para-hydroxylation sites is 1. The van der Waals surface area contributed by atoms with E-state index in [2.05, 4.69) is 21.5 Å². The quantitative estimate of drug-likeness (QED) is 0.529. The van der Waals surface area contributed by atoms with Gasteiger partial charge >= 0.3 is 0 Å². The summed E-state index contributed by atoms with van der Waals surface area (Å²) in [5.41, 5.74) is 4.43. The SMILES string of the molecule is CN(C)c1cccc(CNC(=O)c2csc(-c3cnn(-c4ccccc4)c3)n2)c1. The third kappa shape index (κ3) is 4.35. The van der Waals surface area contributed by atoms with E-state index in [-0.39, 0.29) is 5.91 Å². The molecule has 0 radical (unpaired) electrons. The minimum absolute atomic E-state index is 0.182. The van der Waals surface area contributed by atoms with Crippen molar-refractivity contribution >= 4 is 22.9 Å². The fourth-order valence-corrected chi connectivity index (χ4v) is 3.66. The highest BCUT2D eigenvalue weighted by atomic mass is 32.1. The van der Waals surface area contributed by atoms with Crippen molar-refractivity contribution in [2.75, 3.05) is 19.0 Å². The zero-order valence-corrected chi connectivity index (χ0v) is 17.1. The smallest absolute Gasteiger partial charge is 0.271 e. The number of hydrogen-bond acceptors (Lipinski definition) is 5. The molecule has 1 amide bonds. The highest BCUT2D eigenvalue weighted by Crippen LogP contribution is 2.24. The molecule has 6 nitrogen and oxygen atoms in total. The number of anilines is 1. The Kier molecular flexibility index (Phi) is 5.39. The lowest BCUT2D eigenvalue weighted by Crippen LogP contribution is -2.23. The van der Waals surface area contributed by atoms with Gasteiger partial charge in [-0.15, -0.1) is 11.3 Å². The van der Waals surface area contributed by atoms with Crippen molar-refractivity contribution in [1.29, 1.82) is 0 Å². The van der Waals surface area contributed by atoms with Crippen molar-refractivity contribution in [2.45, 2.75) is 6.54 Å². The van der Waals surface area contributed by atoms with E-state index in [4.69, 9.17) is 0 Å². The molecule has 0 bridgehead atoms. The molecule has 0 aliphatic rings. The first-order valence-electron chi connectivity index (χ1n) is 9.20. The average molecular weight is 404 g/mol. The Labute approximate surface area is 173 Å². The lowest BCUT2D eigenvalue weighted by atomic mass is 10.2. The van der Waals surface area contributed by atoms with Gasteiger partial charge in [0, 0.05) is 43.5 Å². The van der Waals surface area contributed by atoms with Crippen LogP contribution in [-0.4, -0.2) is 34.8 Å². The van der Waals surface area contributed by atoms with Gasteiger partial charge in [-0.1, -0.05) is 30.3 Å². The van der Waals surface area contributed by atoms with Crippen molar-refractivity contribution in [3.8, 4) is 16.3 Å². The Morgan fingerprint density at radius 2 is 1.97 bits per heavy atom. The van der Waals surface area contributed by atoms with Gasteiger partial charge in [0.15, 0.2) is 0 Å². The van der Waals surface area contributed by atoms with Crippen LogP contribution in [0.3, 0.4) is 0 Å². The number of aromatic nitrogens is 3. The number of hydrogen-bond donors (Lipinski definition) is 1. The van der Waals surface area contributed by atoms with E-state index in [9.17, 15) is 4.79 Å². The summed E-state index contributed by atoms with van der Waals surface area (Å²) < 4.78 is 1.80. The molecule has 0 saturated heterocycles. The first kappa shape index (κ1) is 18.9. The molecular formula is C22H21N5OS. The summed E-state index contributed by atoms with van der Waals surface area (Å²) in [4.78, 5) is 19.0. The van der Waals surface area contributed by atoms with Gasteiger partial charge in [0.25, 0.3) is 5.91 Å². The lowest BCUT2D eigenvalue weighted by molar-refractivity contribution is 0.0946. The van der Waals surface area contributed by atoms with Crippen LogP contribution >= 0.6 is 11.3 Å². The van der Waals surface area contributed by atoms with Crippen LogP contribution in [0.5, 0.6) is 0 Å². The minimum atomic E-state index is -0.182. The number of benzene rings is 2. The van der Waals surface area contributed by atoms with E-state index < -0.39 is 0 Å². The summed E-state index contributed by atoms with van der Waals surface area (Å²) in [7, 11) is 3.99. The van der Waals surface area contributed by atoms with E-state index >= 15 is 0 Å². The second-order valence-electron chi connectivity index (χ2n) is 6.79. The van der Waals surface area contributed by atoms with Crippen molar-refractivity contribution in [3.63, 3.8) is 0 Å². The maximum Gasteiger partial charge on any atom is 0.271 e. The zero-order valence-electron chi connectivity index (χ0n) is 16.2. The summed E-state index contributed by atoms with van der Waals surface area (Å²) in [6.07, 6.45) is 3.68. The molecule has 4 rings (SSSR count). The molecule has 4 aromatic rings. The van der Waals surface area contributed by atoms with Crippen molar-refractivity contribution in [1.82, 2.24) is 20.1 Å². The molecule has 0 spiro atoms. The number of nitrogens with zero attached hydrogens (tertiary/aromatic N) is 4. The molecule has 2 aromatic heterocycles.